The molecule has 2 rings (SSSR count). The molecule has 0 aromatic heterocycles. The predicted octanol–water partition coefficient (Wildman–Crippen LogP) is 1.91. The van der Waals surface area contributed by atoms with Gasteiger partial charge in [0, 0.05) is 35.4 Å². The Morgan fingerprint density at radius 1 is 1.19 bits per heavy atom. The Kier molecular flexibility index (Phi) is 5.40. The van der Waals surface area contributed by atoms with Crippen molar-refractivity contribution in [2.45, 2.75) is 13.0 Å². The highest BCUT2D eigenvalue weighted by Crippen LogP contribution is 2.13. The summed E-state index contributed by atoms with van der Waals surface area (Å²) in [6.45, 7) is 3.90. The number of nitrogens with zero attached hydrogens (tertiary/aromatic N) is 2. The second-order valence-electron chi connectivity index (χ2n) is 4.97. The van der Waals surface area contributed by atoms with Gasteiger partial charge in [0.05, 0.1) is 0 Å². The lowest BCUT2D eigenvalue weighted by atomic mass is 10.2. The molecule has 1 saturated heterocycles. The van der Waals surface area contributed by atoms with Crippen molar-refractivity contribution >= 4 is 40.3 Å². The molecule has 2 N–H and O–H groups in total. The van der Waals surface area contributed by atoms with Gasteiger partial charge in [-0.25, -0.2) is 4.79 Å². The topological polar surface area (TPSA) is 72.9 Å². The second-order valence-corrected chi connectivity index (χ2v) is 6.22. The number of anilines is 1. The highest BCUT2D eigenvalue weighted by Gasteiger charge is 2.27. The molecule has 1 aromatic rings. The Bertz CT molecular complexity index is 513. The number of carboxylic acids is 1. The zero-order valence-corrected chi connectivity index (χ0v) is 13.9. The number of nitrogens with one attached hydrogen (secondary N) is 1. The molecule has 1 aromatic carbocycles. The average molecular weight is 403 g/mol. The van der Waals surface area contributed by atoms with Crippen molar-refractivity contribution in [2.75, 3.05) is 31.5 Å². The van der Waals surface area contributed by atoms with Gasteiger partial charge in [0.25, 0.3) is 0 Å². The van der Waals surface area contributed by atoms with Crippen molar-refractivity contribution < 1.29 is 14.7 Å². The van der Waals surface area contributed by atoms with E-state index in [0.717, 1.165) is 9.26 Å². The summed E-state index contributed by atoms with van der Waals surface area (Å²) >= 11 is 2.21. The van der Waals surface area contributed by atoms with Crippen molar-refractivity contribution in [2.24, 2.45) is 0 Å². The van der Waals surface area contributed by atoms with Crippen LogP contribution >= 0.6 is 22.6 Å². The maximum atomic E-state index is 12.1. The number of hydrogen-bond acceptors (Lipinski definition) is 3. The molecule has 1 aliphatic rings. The Morgan fingerprint density at radius 3 is 2.29 bits per heavy atom. The number of benzene rings is 1. The first kappa shape index (κ1) is 16.0. The van der Waals surface area contributed by atoms with Crippen LogP contribution in [0.5, 0.6) is 0 Å². The second kappa shape index (κ2) is 7.08. The molecule has 7 heteroatoms. The quantitative estimate of drug-likeness (QED) is 0.757. The first-order valence-corrected chi connectivity index (χ1v) is 7.83. The van der Waals surface area contributed by atoms with E-state index in [1.165, 1.54) is 0 Å². The number of carboxylic acid groups (broad SMARTS) is 1. The van der Waals surface area contributed by atoms with Crippen LogP contribution < -0.4 is 5.32 Å². The smallest absolute Gasteiger partial charge is 0.321 e. The minimum atomic E-state index is -0.827. The number of amides is 2. The molecule has 0 aliphatic carbocycles. The first-order valence-electron chi connectivity index (χ1n) is 6.75. The van der Waals surface area contributed by atoms with E-state index in [1.54, 1.807) is 11.8 Å². The van der Waals surface area contributed by atoms with Gasteiger partial charge in [-0.3, -0.25) is 9.69 Å². The number of halogens is 1. The van der Waals surface area contributed by atoms with Crippen molar-refractivity contribution in [1.82, 2.24) is 9.80 Å². The summed E-state index contributed by atoms with van der Waals surface area (Å²) in [5.74, 6) is -0.827. The number of rotatable bonds is 3. The highest BCUT2D eigenvalue weighted by atomic mass is 127. The summed E-state index contributed by atoms with van der Waals surface area (Å²) < 4.78 is 1.11. The zero-order valence-electron chi connectivity index (χ0n) is 11.8. The fourth-order valence-corrected chi connectivity index (χ4v) is 2.56. The van der Waals surface area contributed by atoms with Crippen molar-refractivity contribution in [3.63, 3.8) is 0 Å². The van der Waals surface area contributed by atoms with Crippen LogP contribution in [0.4, 0.5) is 10.5 Å². The van der Waals surface area contributed by atoms with Crippen LogP contribution in [0.3, 0.4) is 0 Å². The Labute approximate surface area is 137 Å². The van der Waals surface area contributed by atoms with Crippen LogP contribution in [0.1, 0.15) is 6.92 Å². The van der Waals surface area contributed by atoms with Crippen LogP contribution in [0.15, 0.2) is 24.3 Å². The SMILES string of the molecule is CC(C(=O)O)N1CCN(C(=O)Nc2ccc(I)cc2)CC1. The zero-order chi connectivity index (χ0) is 15.4. The molecule has 1 unspecified atom stereocenters. The van der Waals surface area contributed by atoms with E-state index in [9.17, 15) is 9.59 Å². The summed E-state index contributed by atoms with van der Waals surface area (Å²) in [7, 11) is 0. The average Bonchev–Trinajstić information content (AvgIpc) is 2.49. The first-order chi connectivity index (χ1) is 9.97. The monoisotopic (exact) mass is 403 g/mol. The van der Waals surface area contributed by atoms with Gasteiger partial charge in [-0.1, -0.05) is 0 Å². The Balaban J connectivity index is 1.85. The van der Waals surface area contributed by atoms with E-state index in [-0.39, 0.29) is 6.03 Å². The molecule has 1 heterocycles. The fraction of sp³-hybridized carbons (Fsp3) is 0.429. The minimum absolute atomic E-state index is 0.140. The van der Waals surface area contributed by atoms with Gasteiger partial charge in [0.15, 0.2) is 0 Å². The maximum absolute atomic E-state index is 12.1. The largest absolute Gasteiger partial charge is 0.480 e. The van der Waals surface area contributed by atoms with Gasteiger partial charge in [0.1, 0.15) is 6.04 Å². The van der Waals surface area contributed by atoms with Gasteiger partial charge >= 0.3 is 12.0 Å². The maximum Gasteiger partial charge on any atom is 0.321 e. The van der Waals surface area contributed by atoms with E-state index >= 15 is 0 Å². The Morgan fingerprint density at radius 2 is 1.76 bits per heavy atom. The van der Waals surface area contributed by atoms with Crippen LogP contribution in [-0.4, -0.2) is 59.1 Å². The normalized spacial score (nSPS) is 17.3. The highest BCUT2D eigenvalue weighted by molar-refractivity contribution is 14.1. The van der Waals surface area contributed by atoms with Gasteiger partial charge in [-0.05, 0) is 53.8 Å². The summed E-state index contributed by atoms with van der Waals surface area (Å²) in [4.78, 5) is 26.7. The van der Waals surface area contributed by atoms with Gasteiger partial charge in [-0.15, -0.1) is 0 Å². The van der Waals surface area contributed by atoms with Crippen LogP contribution in [0.25, 0.3) is 0 Å². The molecular weight excluding hydrogens is 385 g/mol. The molecule has 1 atom stereocenters. The third-order valence-corrected chi connectivity index (χ3v) is 4.32. The fourth-order valence-electron chi connectivity index (χ4n) is 2.20. The summed E-state index contributed by atoms with van der Waals surface area (Å²) in [5.41, 5.74) is 0.766. The summed E-state index contributed by atoms with van der Waals surface area (Å²) in [6, 6.07) is 6.95. The number of urea groups is 1. The van der Waals surface area contributed by atoms with Gasteiger partial charge in [-0.2, -0.15) is 0 Å². The molecule has 114 valence electrons. The molecule has 0 saturated carbocycles. The van der Waals surface area contributed by atoms with Crippen LogP contribution in [0, 0.1) is 3.57 Å². The van der Waals surface area contributed by atoms with Crippen molar-refractivity contribution in [3.05, 3.63) is 27.8 Å². The van der Waals surface area contributed by atoms with Crippen molar-refractivity contribution in [1.29, 1.82) is 0 Å². The van der Waals surface area contributed by atoms with E-state index in [1.807, 2.05) is 29.2 Å². The predicted molar refractivity (Wildman–Crippen MR) is 88.4 cm³/mol. The Hall–Kier alpha value is -1.35. The lowest BCUT2D eigenvalue weighted by Crippen LogP contribution is -2.53. The van der Waals surface area contributed by atoms with Crippen LogP contribution in [0.2, 0.25) is 0 Å². The molecule has 1 fully saturated rings. The molecule has 0 spiro atoms. The number of aliphatic carboxylic acids is 1. The molecule has 1 aliphatic heterocycles. The number of carbonyl (C=O) groups excluding carboxylic acids is 1. The standard InChI is InChI=1S/C14H18IN3O3/c1-10(13(19)20)17-6-8-18(9-7-17)14(21)16-12-4-2-11(15)3-5-12/h2-5,10H,6-9H2,1H3,(H,16,21)(H,19,20). The van der Waals surface area contributed by atoms with E-state index in [4.69, 9.17) is 5.11 Å². The van der Waals surface area contributed by atoms with Crippen molar-refractivity contribution in [3.8, 4) is 0 Å². The lowest BCUT2D eigenvalue weighted by Gasteiger charge is -2.36. The van der Waals surface area contributed by atoms with E-state index < -0.39 is 12.0 Å². The molecule has 0 radical (unpaired) electrons. The molecule has 21 heavy (non-hydrogen) atoms. The number of carbonyl (C=O) groups is 2. The minimum Gasteiger partial charge on any atom is -0.480 e. The lowest BCUT2D eigenvalue weighted by molar-refractivity contribution is -0.143. The summed E-state index contributed by atoms with van der Waals surface area (Å²) in [6.07, 6.45) is 0. The van der Waals surface area contributed by atoms with Gasteiger partial charge in [0.2, 0.25) is 0 Å². The van der Waals surface area contributed by atoms with E-state index in [0.29, 0.717) is 26.2 Å². The number of piperazine rings is 1. The van der Waals surface area contributed by atoms with Crippen LogP contribution in [-0.2, 0) is 4.79 Å². The summed E-state index contributed by atoms with van der Waals surface area (Å²) in [5, 5.41) is 11.8. The van der Waals surface area contributed by atoms with Gasteiger partial charge < -0.3 is 15.3 Å². The van der Waals surface area contributed by atoms with E-state index in [2.05, 4.69) is 27.9 Å². The molecule has 2 amide bonds. The molecule has 0 bridgehead atoms. The molecular formula is C14H18IN3O3. The third-order valence-electron chi connectivity index (χ3n) is 3.60. The number of hydrogen-bond donors (Lipinski definition) is 2. The molecule has 6 nitrogen and oxygen atoms in total. The third kappa shape index (κ3) is 4.31.